The first-order chi connectivity index (χ1) is 9.81. The second kappa shape index (κ2) is 5.64. The van der Waals surface area contributed by atoms with E-state index in [1.807, 2.05) is 23.1 Å². The number of hydrogen-bond donors (Lipinski definition) is 1. The van der Waals surface area contributed by atoms with E-state index in [9.17, 15) is 4.79 Å². The van der Waals surface area contributed by atoms with Crippen molar-refractivity contribution in [3.63, 3.8) is 0 Å². The standard InChI is InChI=1S/C14H15N5O/c20-12-3-6-19(9-12)14-7-13(17-10-18-14)16-8-11-1-4-15-5-2-11/h1-2,4-5,7,10H,3,6,8-9H2,(H,16,17,18). The molecular weight excluding hydrogens is 254 g/mol. The second-order valence-electron chi connectivity index (χ2n) is 4.68. The van der Waals surface area contributed by atoms with Crippen LogP contribution in [-0.2, 0) is 11.3 Å². The van der Waals surface area contributed by atoms with Gasteiger partial charge >= 0.3 is 0 Å². The van der Waals surface area contributed by atoms with Crippen LogP contribution in [0.4, 0.5) is 11.6 Å². The average molecular weight is 269 g/mol. The summed E-state index contributed by atoms with van der Waals surface area (Å²) in [4.78, 5) is 25.7. The van der Waals surface area contributed by atoms with E-state index in [4.69, 9.17) is 0 Å². The van der Waals surface area contributed by atoms with Crippen molar-refractivity contribution in [3.8, 4) is 0 Å². The van der Waals surface area contributed by atoms with Crippen LogP contribution < -0.4 is 10.2 Å². The highest BCUT2D eigenvalue weighted by atomic mass is 16.1. The fraction of sp³-hybridized carbons (Fsp3) is 0.286. The van der Waals surface area contributed by atoms with Crippen LogP contribution in [0.3, 0.4) is 0 Å². The Morgan fingerprint density at radius 3 is 2.85 bits per heavy atom. The van der Waals surface area contributed by atoms with Crippen molar-refractivity contribution < 1.29 is 4.79 Å². The molecule has 0 aliphatic carbocycles. The van der Waals surface area contributed by atoms with E-state index >= 15 is 0 Å². The largest absolute Gasteiger partial charge is 0.366 e. The summed E-state index contributed by atoms with van der Waals surface area (Å²) in [6, 6.07) is 5.78. The van der Waals surface area contributed by atoms with Gasteiger partial charge in [0.2, 0.25) is 0 Å². The van der Waals surface area contributed by atoms with Crippen molar-refractivity contribution in [1.82, 2.24) is 15.0 Å². The van der Waals surface area contributed by atoms with Gasteiger partial charge in [0.15, 0.2) is 5.78 Å². The fourth-order valence-corrected chi connectivity index (χ4v) is 2.14. The van der Waals surface area contributed by atoms with Gasteiger partial charge in [0.1, 0.15) is 18.0 Å². The van der Waals surface area contributed by atoms with E-state index < -0.39 is 0 Å². The number of aromatic nitrogens is 3. The lowest BCUT2D eigenvalue weighted by Gasteiger charge is -2.15. The van der Waals surface area contributed by atoms with Gasteiger partial charge < -0.3 is 10.2 Å². The summed E-state index contributed by atoms with van der Waals surface area (Å²) in [5.41, 5.74) is 1.14. The van der Waals surface area contributed by atoms with Gasteiger partial charge in [-0.15, -0.1) is 0 Å². The molecule has 1 fully saturated rings. The number of nitrogens with zero attached hydrogens (tertiary/aromatic N) is 4. The second-order valence-corrected chi connectivity index (χ2v) is 4.68. The number of carbonyl (C=O) groups excluding carboxylic acids is 1. The van der Waals surface area contributed by atoms with Gasteiger partial charge in [-0.05, 0) is 17.7 Å². The zero-order chi connectivity index (χ0) is 13.8. The van der Waals surface area contributed by atoms with E-state index in [0.717, 1.165) is 23.7 Å². The number of hydrogen-bond acceptors (Lipinski definition) is 6. The number of nitrogens with one attached hydrogen (secondary N) is 1. The molecule has 20 heavy (non-hydrogen) atoms. The number of carbonyl (C=O) groups is 1. The summed E-state index contributed by atoms with van der Waals surface area (Å²) in [6.45, 7) is 1.86. The molecule has 0 saturated carbocycles. The molecule has 1 N–H and O–H groups in total. The lowest BCUT2D eigenvalue weighted by Crippen LogP contribution is -2.21. The summed E-state index contributed by atoms with van der Waals surface area (Å²) >= 11 is 0. The Hall–Kier alpha value is -2.50. The Kier molecular flexibility index (Phi) is 3.54. The van der Waals surface area contributed by atoms with Gasteiger partial charge in [-0.25, -0.2) is 9.97 Å². The summed E-state index contributed by atoms with van der Waals surface area (Å²) < 4.78 is 0. The highest BCUT2D eigenvalue weighted by molar-refractivity contribution is 5.86. The first-order valence-corrected chi connectivity index (χ1v) is 6.53. The Labute approximate surface area is 116 Å². The lowest BCUT2D eigenvalue weighted by atomic mass is 10.3. The Morgan fingerprint density at radius 1 is 1.25 bits per heavy atom. The number of ketones is 1. The molecule has 1 saturated heterocycles. The summed E-state index contributed by atoms with van der Waals surface area (Å²) in [6.07, 6.45) is 5.65. The Balaban J connectivity index is 1.67. The van der Waals surface area contributed by atoms with E-state index in [0.29, 0.717) is 19.5 Å². The van der Waals surface area contributed by atoms with Crippen LogP contribution in [0.25, 0.3) is 0 Å². The Morgan fingerprint density at radius 2 is 2.10 bits per heavy atom. The first kappa shape index (κ1) is 12.5. The fourth-order valence-electron chi connectivity index (χ4n) is 2.14. The van der Waals surface area contributed by atoms with E-state index in [2.05, 4.69) is 20.3 Å². The van der Waals surface area contributed by atoms with Crippen LogP contribution in [0.5, 0.6) is 0 Å². The molecule has 3 heterocycles. The van der Waals surface area contributed by atoms with E-state index in [-0.39, 0.29) is 5.78 Å². The van der Waals surface area contributed by atoms with Crippen LogP contribution >= 0.6 is 0 Å². The summed E-state index contributed by atoms with van der Waals surface area (Å²) in [5.74, 6) is 1.81. The number of rotatable bonds is 4. The van der Waals surface area contributed by atoms with Crippen molar-refractivity contribution in [1.29, 1.82) is 0 Å². The number of Topliss-reactive ketones (excluding diaryl/α,β-unsaturated/α-hetero) is 1. The molecule has 6 heteroatoms. The predicted octanol–water partition coefficient (Wildman–Crippen LogP) is 1.26. The van der Waals surface area contributed by atoms with Crippen LogP contribution in [-0.4, -0.2) is 33.8 Å². The molecule has 2 aromatic heterocycles. The quantitative estimate of drug-likeness (QED) is 0.901. The molecule has 0 amide bonds. The topological polar surface area (TPSA) is 71.0 Å². The monoisotopic (exact) mass is 269 g/mol. The van der Waals surface area contributed by atoms with Crippen LogP contribution in [0.1, 0.15) is 12.0 Å². The summed E-state index contributed by atoms with van der Waals surface area (Å²) in [5, 5.41) is 3.25. The molecule has 102 valence electrons. The zero-order valence-electron chi connectivity index (χ0n) is 11.0. The van der Waals surface area contributed by atoms with Crippen molar-refractivity contribution in [2.45, 2.75) is 13.0 Å². The predicted molar refractivity (Wildman–Crippen MR) is 75.4 cm³/mol. The molecule has 0 spiro atoms. The minimum Gasteiger partial charge on any atom is -0.366 e. The first-order valence-electron chi connectivity index (χ1n) is 6.53. The van der Waals surface area contributed by atoms with E-state index in [1.165, 1.54) is 6.33 Å². The normalized spacial score (nSPS) is 14.6. The van der Waals surface area contributed by atoms with E-state index in [1.54, 1.807) is 12.4 Å². The van der Waals surface area contributed by atoms with Gasteiger partial charge in [-0.1, -0.05) is 0 Å². The minimum atomic E-state index is 0.259. The highest BCUT2D eigenvalue weighted by Gasteiger charge is 2.20. The van der Waals surface area contributed by atoms with Crippen molar-refractivity contribution >= 4 is 17.4 Å². The minimum absolute atomic E-state index is 0.259. The SMILES string of the molecule is O=C1CCN(c2cc(NCc3ccncc3)ncn2)C1. The molecule has 1 aliphatic heterocycles. The zero-order valence-corrected chi connectivity index (χ0v) is 11.0. The van der Waals surface area contributed by atoms with Crippen molar-refractivity contribution in [2.75, 3.05) is 23.3 Å². The molecule has 0 unspecified atom stereocenters. The maximum absolute atomic E-state index is 11.3. The summed E-state index contributed by atoms with van der Waals surface area (Å²) in [7, 11) is 0. The number of pyridine rings is 1. The third-order valence-electron chi connectivity index (χ3n) is 3.23. The van der Waals surface area contributed by atoms with Gasteiger partial charge in [-0.2, -0.15) is 0 Å². The maximum atomic E-state index is 11.3. The molecular formula is C14H15N5O. The molecule has 0 radical (unpaired) electrons. The molecule has 0 aromatic carbocycles. The molecule has 6 nitrogen and oxygen atoms in total. The molecule has 2 aromatic rings. The molecule has 0 atom stereocenters. The van der Waals surface area contributed by atoms with Gasteiger partial charge in [0, 0.05) is 38.0 Å². The smallest absolute Gasteiger partial charge is 0.153 e. The van der Waals surface area contributed by atoms with Crippen molar-refractivity contribution in [3.05, 3.63) is 42.5 Å². The van der Waals surface area contributed by atoms with Crippen LogP contribution in [0, 0.1) is 0 Å². The van der Waals surface area contributed by atoms with Gasteiger partial charge in [0.05, 0.1) is 6.54 Å². The maximum Gasteiger partial charge on any atom is 0.153 e. The van der Waals surface area contributed by atoms with Crippen LogP contribution in [0.2, 0.25) is 0 Å². The molecule has 0 bridgehead atoms. The highest BCUT2D eigenvalue weighted by Crippen LogP contribution is 2.18. The average Bonchev–Trinajstić information content (AvgIpc) is 2.93. The lowest BCUT2D eigenvalue weighted by molar-refractivity contribution is -0.116. The molecule has 3 rings (SSSR count). The van der Waals surface area contributed by atoms with Gasteiger partial charge in [-0.3, -0.25) is 9.78 Å². The third-order valence-corrected chi connectivity index (χ3v) is 3.23. The van der Waals surface area contributed by atoms with Crippen molar-refractivity contribution in [2.24, 2.45) is 0 Å². The van der Waals surface area contributed by atoms with Crippen LogP contribution in [0.15, 0.2) is 36.9 Å². The van der Waals surface area contributed by atoms with Gasteiger partial charge in [0.25, 0.3) is 0 Å². The number of anilines is 2. The third kappa shape index (κ3) is 2.90. The Bertz CT molecular complexity index is 602. The molecule has 1 aliphatic rings.